The molecule has 0 saturated heterocycles. The first-order valence-electron chi connectivity index (χ1n) is 5.73. The van der Waals surface area contributed by atoms with E-state index in [9.17, 15) is 4.79 Å². The van der Waals surface area contributed by atoms with Crippen LogP contribution in [0.1, 0.15) is 10.5 Å². The molecule has 0 atom stereocenters. The monoisotopic (exact) mass is 334 g/mol. The van der Waals surface area contributed by atoms with Crippen LogP contribution in [0.25, 0.3) is 0 Å². The van der Waals surface area contributed by atoms with E-state index in [1.165, 1.54) is 7.11 Å². The number of carbonyl (C=O) groups is 1. The third-order valence-corrected chi connectivity index (χ3v) is 4.68. The lowest BCUT2D eigenvalue weighted by atomic mass is 10.4. The summed E-state index contributed by atoms with van der Waals surface area (Å²) in [7, 11) is 0.265. The molecule has 0 aromatic carbocycles. The van der Waals surface area contributed by atoms with Crippen LogP contribution < -0.4 is 0 Å². The molecule has 1 rings (SSSR count). The summed E-state index contributed by atoms with van der Waals surface area (Å²) in [6.07, 6.45) is 0. The Balaban J connectivity index is 2.48. The molecule has 5 nitrogen and oxygen atoms in total. The maximum atomic E-state index is 11.3. The SMILES string of the molecule is COC(=O)c1cc(Br)n(COCC[Si](C)(C)C)n1. The topological polar surface area (TPSA) is 53.4 Å². The van der Waals surface area contributed by atoms with Gasteiger partial charge in [-0.3, -0.25) is 0 Å². The largest absolute Gasteiger partial charge is 0.464 e. The van der Waals surface area contributed by atoms with Gasteiger partial charge in [-0.25, -0.2) is 9.48 Å². The third kappa shape index (κ3) is 4.91. The molecule has 1 heterocycles. The highest BCUT2D eigenvalue weighted by molar-refractivity contribution is 9.10. The Bertz CT molecular complexity index is 415. The third-order valence-electron chi connectivity index (χ3n) is 2.34. The van der Waals surface area contributed by atoms with Gasteiger partial charge in [0, 0.05) is 20.7 Å². The number of rotatable bonds is 6. The van der Waals surface area contributed by atoms with E-state index < -0.39 is 14.0 Å². The molecule has 0 aliphatic rings. The van der Waals surface area contributed by atoms with Gasteiger partial charge in [0.1, 0.15) is 11.3 Å². The summed E-state index contributed by atoms with van der Waals surface area (Å²) in [5.41, 5.74) is 0.276. The van der Waals surface area contributed by atoms with E-state index in [1.807, 2.05) is 0 Å². The second-order valence-corrected chi connectivity index (χ2v) is 11.6. The summed E-state index contributed by atoms with van der Waals surface area (Å²) in [6, 6.07) is 2.73. The molecule has 7 heteroatoms. The van der Waals surface area contributed by atoms with Crippen LogP contribution in [0.2, 0.25) is 25.7 Å². The summed E-state index contributed by atoms with van der Waals surface area (Å²) in [5.74, 6) is -0.448. The van der Waals surface area contributed by atoms with Crippen molar-refractivity contribution in [1.29, 1.82) is 0 Å². The molecule has 0 spiro atoms. The molecule has 0 aliphatic carbocycles. The van der Waals surface area contributed by atoms with Crippen molar-refractivity contribution in [1.82, 2.24) is 9.78 Å². The second-order valence-electron chi connectivity index (χ2n) is 5.19. The van der Waals surface area contributed by atoms with Crippen LogP contribution in [-0.2, 0) is 16.2 Å². The highest BCUT2D eigenvalue weighted by Crippen LogP contribution is 2.13. The van der Waals surface area contributed by atoms with Crippen molar-refractivity contribution in [2.75, 3.05) is 13.7 Å². The van der Waals surface area contributed by atoms with Crippen molar-refractivity contribution < 1.29 is 14.3 Å². The molecular formula is C11H19BrN2O3Si. The summed E-state index contributed by atoms with van der Waals surface area (Å²) in [5, 5.41) is 4.10. The van der Waals surface area contributed by atoms with E-state index in [4.69, 9.17) is 4.74 Å². The predicted octanol–water partition coefficient (Wildman–Crippen LogP) is 2.74. The number of halogens is 1. The highest BCUT2D eigenvalue weighted by Gasteiger charge is 2.14. The fourth-order valence-corrected chi connectivity index (χ4v) is 2.37. The zero-order valence-electron chi connectivity index (χ0n) is 11.2. The molecule has 0 bridgehead atoms. The molecule has 0 aliphatic heterocycles. The number of nitrogens with zero attached hydrogens (tertiary/aromatic N) is 2. The fourth-order valence-electron chi connectivity index (χ4n) is 1.22. The maximum Gasteiger partial charge on any atom is 0.358 e. The Morgan fingerprint density at radius 2 is 2.17 bits per heavy atom. The van der Waals surface area contributed by atoms with Crippen molar-refractivity contribution >= 4 is 30.0 Å². The fraction of sp³-hybridized carbons (Fsp3) is 0.636. The van der Waals surface area contributed by atoms with Gasteiger partial charge in [0.15, 0.2) is 5.69 Å². The number of aromatic nitrogens is 2. The van der Waals surface area contributed by atoms with Crippen LogP contribution in [0, 0.1) is 0 Å². The Hall–Kier alpha value is -0.663. The van der Waals surface area contributed by atoms with Gasteiger partial charge in [0.2, 0.25) is 0 Å². The number of methoxy groups -OCH3 is 1. The normalized spacial score (nSPS) is 11.6. The van der Waals surface area contributed by atoms with E-state index in [1.54, 1.807) is 10.7 Å². The van der Waals surface area contributed by atoms with Gasteiger partial charge < -0.3 is 9.47 Å². The second kappa shape index (κ2) is 6.49. The Morgan fingerprint density at radius 1 is 1.50 bits per heavy atom. The lowest BCUT2D eigenvalue weighted by Gasteiger charge is -2.15. The molecule has 1 aromatic heterocycles. The van der Waals surface area contributed by atoms with Crippen LogP contribution in [0.15, 0.2) is 10.7 Å². The van der Waals surface area contributed by atoms with Crippen LogP contribution in [0.5, 0.6) is 0 Å². The number of hydrogen-bond donors (Lipinski definition) is 0. The first-order valence-corrected chi connectivity index (χ1v) is 10.2. The molecule has 0 fully saturated rings. The van der Waals surface area contributed by atoms with Gasteiger partial charge in [0.05, 0.1) is 7.11 Å². The zero-order valence-corrected chi connectivity index (χ0v) is 13.8. The Labute approximate surface area is 117 Å². The number of carbonyl (C=O) groups excluding carboxylic acids is 1. The number of esters is 1. The molecule has 1 aromatic rings. The highest BCUT2D eigenvalue weighted by atomic mass is 79.9. The van der Waals surface area contributed by atoms with Gasteiger partial charge in [-0.2, -0.15) is 5.10 Å². The molecular weight excluding hydrogens is 316 g/mol. The zero-order chi connectivity index (χ0) is 13.8. The maximum absolute atomic E-state index is 11.3. The van der Waals surface area contributed by atoms with Gasteiger partial charge in [-0.05, 0) is 22.0 Å². The minimum atomic E-state index is -1.07. The minimum Gasteiger partial charge on any atom is -0.464 e. The smallest absolute Gasteiger partial charge is 0.358 e. The van der Waals surface area contributed by atoms with E-state index in [0.29, 0.717) is 11.3 Å². The van der Waals surface area contributed by atoms with Gasteiger partial charge >= 0.3 is 5.97 Å². The lowest BCUT2D eigenvalue weighted by Crippen LogP contribution is -2.22. The predicted molar refractivity (Wildman–Crippen MR) is 75.4 cm³/mol. The Kier molecular flexibility index (Phi) is 5.55. The molecule has 0 amide bonds. The van der Waals surface area contributed by atoms with Gasteiger partial charge in [-0.15, -0.1) is 0 Å². The summed E-state index contributed by atoms with van der Waals surface area (Å²) < 4.78 is 12.5. The van der Waals surface area contributed by atoms with E-state index in [0.717, 1.165) is 12.7 Å². The van der Waals surface area contributed by atoms with Crippen molar-refractivity contribution in [2.24, 2.45) is 0 Å². The van der Waals surface area contributed by atoms with Crippen molar-refractivity contribution in [2.45, 2.75) is 32.4 Å². The summed E-state index contributed by atoms with van der Waals surface area (Å²) in [6.45, 7) is 7.96. The molecule has 102 valence electrons. The van der Waals surface area contributed by atoms with E-state index in [-0.39, 0.29) is 5.69 Å². The summed E-state index contributed by atoms with van der Waals surface area (Å²) in [4.78, 5) is 11.3. The molecule has 18 heavy (non-hydrogen) atoms. The van der Waals surface area contributed by atoms with Crippen LogP contribution in [-0.4, -0.2) is 37.5 Å². The van der Waals surface area contributed by atoms with Crippen molar-refractivity contribution in [3.05, 3.63) is 16.4 Å². The number of ether oxygens (including phenoxy) is 2. The van der Waals surface area contributed by atoms with Crippen LogP contribution in [0.4, 0.5) is 0 Å². The van der Waals surface area contributed by atoms with Crippen molar-refractivity contribution in [3.63, 3.8) is 0 Å². The average Bonchev–Trinajstić information content (AvgIpc) is 2.64. The van der Waals surface area contributed by atoms with Gasteiger partial charge in [-0.1, -0.05) is 19.6 Å². The number of hydrogen-bond acceptors (Lipinski definition) is 4. The Morgan fingerprint density at radius 3 is 2.72 bits per heavy atom. The average molecular weight is 335 g/mol. The van der Waals surface area contributed by atoms with Gasteiger partial charge in [0.25, 0.3) is 0 Å². The van der Waals surface area contributed by atoms with Crippen molar-refractivity contribution in [3.8, 4) is 0 Å². The molecule has 0 N–H and O–H groups in total. The first-order chi connectivity index (χ1) is 8.33. The van der Waals surface area contributed by atoms with E-state index >= 15 is 0 Å². The molecule has 0 radical (unpaired) electrons. The first kappa shape index (κ1) is 15.4. The van der Waals surface area contributed by atoms with Crippen LogP contribution in [0.3, 0.4) is 0 Å². The summed E-state index contributed by atoms with van der Waals surface area (Å²) >= 11 is 3.33. The molecule has 0 saturated carbocycles. The lowest BCUT2D eigenvalue weighted by molar-refractivity contribution is 0.0582. The quantitative estimate of drug-likeness (QED) is 0.456. The molecule has 0 unspecified atom stereocenters. The van der Waals surface area contributed by atoms with Crippen LogP contribution >= 0.6 is 15.9 Å². The minimum absolute atomic E-state index is 0.276. The standard InChI is InChI=1S/C11H19BrN2O3Si/c1-16-11(15)9-7-10(12)14(13-9)8-17-5-6-18(2,3)4/h7H,5-6,8H2,1-4H3. The van der Waals surface area contributed by atoms with E-state index in [2.05, 4.69) is 45.4 Å².